The number of hydrogen-bond donors (Lipinski definition) is 1. The number of rotatable bonds is 5. The number of carbonyl (C=O) groups is 1. The summed E-state index contributed by atoms with van der Waals surface area (Å²) in [5, 5.41) is 4.59. The minimum atomic E-state index is -0.147. The maximum atomic E-state index is 11.5. The molecule has 1 saturated carbocycles. The van der Waals surface area contributed by atoms with Crippen LogP contribution in [0.2, 0.25) is 0 Å². The van der Waals surface area contributed by atoms with E-state index in [1.807, 2.05) is 6.92 Å². The van der Waals surface area contributed by atoms with Crippen molar-refractivity contribution in [1.29, 1.82) is 0 Å². The van der Waals surface area contributed by atoms with Gasteiger partial charge < -0.3 is 5.32 Å². The fraction of sp³-hybridized carbons (Fsp3) is 0.889. The first-order chi connectivity index (χ1) is 6.09. The van der Waals surface area contributed by atoms with Gasteiger partial charge in [-0.1, -0.05) is 31.9 Å². The molecule has 2 nitrogen and oxygen atoms in total. The predicted octanol–water partition coefficient (Wildman–Crippen LogP) is 2.45. The normalized spacial score (nSPS) is 17.2. The lowest BCUT2D eigenvalue weighted by molar-refractivity contribution is -0.122. The Morgan fingerprint density at radius 1 is 1.46 bits per heavy atom. The molecule has 0 heterocycles. The van der Waals surface area contributed by atoms with Gasteiger partial charge in [-0.05, 0) is 25.7 Å². The van der Waals surface area contributed by atoms with Crippen LogP contribution in [0.5, 0.6) is 0 Å². The van der Waals surface area contributed by atoms with Crippen molar-refractivity contribution in [1.82, 2.24) is 5.32 Å². The zero-order valence-corrected chi connectivity index (χ0v) is 10.9. The molecule has 13 heavy (non-hydrogen) atoms. The van der Waals surface area contributed by atoms with E-state index in [9.17, 15) is 4.79 Å². The van der Waals surface area contributed by atoms with Gasteiger partial charge in [0.05, 0.1) is 5.54 Å². The van der Waals surface area contributed by atoms with E-state index in [4.69, 9.17) is 0 Å². The molecule has 0 aliphatic heterocycles. The van der Waals surface area contributed by atoms with Gasteiger partial charge in [-0.25, -0.2) is 0 Å². The van der Waals surface area contributed by atoms with Crippen molar-refractivity contribution < 1.29 is 4.79 Å². The van der Waals surface area contributed by atoms with Gasteiger partial charge >= 0.3 is 0 Å². The minimum Gasteiger partial charge on any atom is -0.349 e. The summed E-state index contributed by atoms with van der Waals surface area (Å²) in [5.74, 6) is 0.846. The van der Waals surface area contributed by atoms with Crippen molar-refractivity contribution >= 4 is 37.8 Å². The van der Waals surface area contributed by atoms with E-state index in [2.05, 4.69) is 37.2 Å². The Kier molecular flexibility index (Phi) is 4.23. The monoisotopic (exact) mass is 311 g/mol. The van der Waals surface area contributed by atoms with Crippen LogP contribution < -0.4 is 5.32 Å². The first kappa shape index (κ1) is 11.5. The molecule has 4 heteroatoms. The quantitative estimate of drug-likeness (QED) is 0.776. The van der Waals surface area contributed by atoms with Gasteiger partial charge in [-0.2, -0.15) is 0 Å². The molecule has 1 N–H and O–H groups in total. The van der Waals surface area contributed by atoms with Gasteiger partial charge in [0.1, 0.15) is 0 Å². The first-order valence-electron chi connectivity index (χ1n) is 4.52. The third kappa shape index (κ3) is 3.98. The van der Waals surface area contributed by atoms with Gasteiger partial charge in [-0.3, -0.25) is 4.79 Å². The second-order valence-electron chi connectivity index (χ2n) is 4.02. The summed E-state index contributed by atoms with van der Waals surface area (Å²) >= 11 is 6.80. The fourth-order valence-electron chi connectivity index (χ4n) is 1.07. The molecule has 1 aliphatic rings. The van der Waals surface area contributed by atoms with Gasteiger partial charge in [0, 0.05) is 17.1 Å². The highest BCUT2D eigenvalue weighted by Gasteiger charge is 2.28. The van der Waals surface area contributed by atoms with Crippen molar-refractivity contribution in [3.8, 4) is 0 Å². The van der Waals surface area contributed by atoms with E-state index in [-0.39, 0.29) is 11.4 Å². The fourth-order valence-corrected chi connectivity index (χ4v) is 2.28. The SMILES string of the molecule is CC(CBr)(CBr)NC(=O)CC1CC1. The summed E-state index contributed by atoms with van der Waals surface area (Å²) in [7, 11) is 0. The van der Waals surface area contributed by atoms with Crippen LogP contribution >= 0.6 is 31.9 Å². The second kappa shape index (κ2) is 4.78. The molecule has 0 atom stereocenters. The van der Waals surface area contributed by atoms with Crippen molar-refractivity contribution in [2.45, 2.75) is 31.7 Å². The highest BCUT2D eigenvalue weighted by molar-refractivity contribution is 9.09. The third-order valence-electron chi connectivity index (χ3n) is 2.20. The molecule has 0 bridgehead atoms. The van der Waals surface area contributed by atoms with Crippen LogP contribution in [0.3, 0.4) is 0 Å². The van der Waals surface area contributed by atoms with E-state index in [1.165, 1.54) is 12.8 Å². The van der Waals surface area contributed by atoms with E-state index >= 15 is 0 Å². The Hall–Kier alpha value is 0.430. The van der Waals surface area contributed by atoms with Crippen molar-refractivity contribution in [3.05, 3.63) is 0 Å². The summed E-state index contributed by atoms with van der Waals surface area (Å²) in [4.78, 5) is 11.5. The average molecular weight is 313 g/mol. The van der Waals surface area contributed by atoms with Gasteiger partial charge in [0.25, 0.3) is 0 Å². The van der Waals surface area contributed by atoms with Crippen molar-refractivity contribution in [2.75, 3.05) is 10.7 Å². The molecular formula is C9H15Br2NO. The molecule has 0 saturated heterocycles. The Bertz CT molecular complexity index is 188. The Balaban J connectivity index is 2.31. The number of carbonyl (C=O) groups excluding carboxylic acids is 1. The van der Waals surface area contributed by atoms with E-state index < -0.39 is 0 Å². The molecule has 0 aromatic heterocycles. The zero-order valence-electron chi connectivity index (χ0n) is 7.78. The van der Waals surface area contributed by atoms with Crippen LogP contribution in [0, 0.1) is 5.92 Å². The predicted molar refractivity (Wildman–Crippen MR) is 61.5 cm³/mol. The van der Waals surface area contributed by atoms with Crippen molar-refractivity contribution in [3.63, 3.8) is 0 Å². The summed E-state index contributed by atoms with van der Waals surface area (Å²) < 4.78 is 0. The Morgan fingerprint density at radius 2 is 2.00 bits per heavy atom. The Morgan fingerprint density at radius 3 is 2.38 bits per heavy atom. The molecule has 0 radical (unpaired) electrons. The van der Waals surface area contributed by atoms with Crippen LogP contribution in [-0.2, 0) is 4.79 Å². The standard InChI is InChI=1S/C9H15Br2NO/c1-9(5-10,6-11)12-8(13)4-7-2-3-7/h7H,2-6H2,1H3,(H,12,13). The first-order valence-corrected chi connectivity index (χ1v) is 6.77. The molecule has 1 fully saturated rings. The maximum absolute atomic E-state index is 11.5. The topological polar surface area (TPSA) is 29.1 Å². The smallest absolute Gasteiger partial charge is 0.220 e. The van der Waals surface area contributed by atoms with Crippen LogP contribution in [0.4, 0.5) is 0 Å². The Labute approximate surface area is 96.1 Å². The van der Waals surface area contributed by atoms with E-state index in [0.717, 1.165) is 10.7 Å². The third-order valence-corrected chi connectivity index (χ3v) is 4.68. The van der Waals surface area contributed by atoms with Crippen LogP contribution in [0.15, 0.2) is 0 Å². The van der Waals surface area contributed by atoms with Gasteiger partial charge in [-0.15, -0.1) is 0 Å². The van der Waals surface area contributed by atoms with Gasteiger partial charge in [0.2, 0.25) is 5.91 Å². The highest BCUT2D eigenvalue weighted by atomic mass is 79.9. The molecule has 0 spiro atoms. The van der Waals surface area contributed by atoms with Crippen LogP contribution in [0.25, 0.3) is 0 Å². The molecule has 0 unspecified atom stereocenters. The summed E-state index contributed by atoms with van der Waals surface area (Å²) in [6.45, 7) is 2.03. The molecule has 1 aliphatic carbocycles. The van der Waals surface area contributed by atoms with Crippen LogP contribution in [-0.4, -0.2) is 22.1 Å². The van der Waals surface area contributed by atoms with Crippen LogP contribution in [0.1, 0.15) is 26.2 Å². The van der Waals surface area contributed by atoms with E-state index in [0.29, 0.717) is 12.3 Å². The molecular weight excluding hydrogens is 298 g/mol. The largest absolute Gasteiger partial charge is 0.349 e. The lowest BCUT2D eigenvalue weighted by Crippen LogP contribution is -2.49. The highest BCUT2D eigenvalue weighted by Crippen LogP contribution is 2.32. The minimum absolute atomic E-state index is 0.147. The molecule has 0 aromatic rings. The molecule has 0 aromatic carbocycles. The van der Waals surface area contributed by atoms with Crippen molar-refractivity contribution in [2.24, 2.45) is 5.92 Å². The maximum Gasteiger partial charge on any atom is 0.220 e. The summed E-state index contributed by atoms with van der Waals surface area (Å²) in [6, 6.07) is 0. The average Bonchev–Trinajstić information content (AvgIpc) is 2.88. The molecule has 76 valence electrons. The molecule has 1 amide bonds. The lowest BCUT2D eigenvalue weighted by atomic mass is 10.1. The zero-order chi connectivity index (χ0) is 9.90. The summed E-state index contributed by atoms with van der Waals surface area (Å²) in [6.07, 6.45) is 3.16. The number of amides is 1. The number of alkyl halides is 2. The number of halogens is 2. The number of hydrogen-bond acceptors (Lipinski definition) is 1. The second-order valence-corrected chi connectivity index (χ2v) is 5.15. The molecule has 1 rings (SSSR count). The lowest BCUT2D eigenvalue weighted by Gasteiger charge is -2.26. The summed E-state index contributed by atoms with van der Waals surface area (Å²) in [5.41, 5.74) is -0.147. The number of nitrogens with one attached hydrogen (secondary N) is 1. The van der Waals surface area contributed by atoms with E-state index in [1.54, 1.807) is 0 Å². The van der Waals surface area contributed by atoms with Gasteiger partial charge in [0.15, 0.2) is 0 Å².